The van der Waals surface area contributed by atoms with Crippen LogP contribution < -0.4 is 25.2 Å². The maximum absolute atomic E-state index is 7.14. The van der Waals surface area contributed by atoms with Crippen LogP contribution in [0, 0.1) is 18.8 Å². The number of benzene rings is 5. The summed E-state index contributed by atoms with van der Waals surface area (Å²) in [5.41, 5.74) is 15.9. The van der Waals surface area contributed by atoms with Gasteiger partial charge < -0.3 is 29.7 Å². The van der Waals surface area contributed by atoms with Crippen LogP contribution in [-0.2, 0) is 42.7 Å². The fourth-order valence-corrected chi connectivity index (χ4v) is 11.0. The summed E-state index contributed by atoms with van der Waals surface area (Å²) >= 11 is 0. The van der Waals surface area contributed by atoms with Gasteiger partial charge in [0.25, 0.3) is 0 Å². The normalized spacial score (nSPS) is 18.2. The van der Waals surface area contributed by atoms with E-state index in [1.807, 2.05) is 73.5 Å². The molecule has 0 spiro atoms. The number of ether oxygens (including phenoxy) is 1. The van der Waals surface area contributed by atoms with E-state index in [2.05, 4.69) is 269 Å². The molecular formula is C73H72B2N7OPt-3. The van der Waals surface area contributed by atoms with Crippen molar-refractivity contribution in [1.29, 1.82) is 0 Å². The number of nitrogens with zero attached hydrogens (tertiary/aromatic N) is 5. The quantitative estimate of drug-likeness (QED) is 0.116. The first-order chi connectivity index (χ1) is 39.7. The van der Waals surface area contributed by atoms with Crippen molar-refractivity contribution in [2.24, 2.45) is 0 Å². The predicted octanol–water partition coefficient (Wildman–Crippen LogP) is 17.6. The van der Waals surface area contributed by atoms with Crippen LogP contribution >= 0.6 is 0 Å². The van der Waals surface area contributed by atoms with Gasteiger partial charge in [-0.3, -0.25) is 4.98 Å². The number of hydrogen-bond donors (Lipinski definition) is 2. The molecule has 5 aromatic carbocycles. The minimum atomic E-state index is -0.227. The van der Waals surface area contributed by atoms with Gasteiger partial charge in [0, 0.05) is 80.4 Å². The van der Waals surface area contributed by atoms with Gasteiger partial charge in [0.15, 0.2) is 14.6 Å². The Morgan fingerprint density at radius 1 is 0.548 bits per heavy atom. The van der Waals surface area contributed by atoms with Crippen molar-refractivity contribution in [2.75, 3.05) is 9.80 Å². The van der Waals surface area contributed by atoms with Crippen molar-refractivity contribution in [1.82, 2.24) is 25.2 Å². The van der Waals surface area contributed by atoms with Crippen LogP contribution in [0.5, 0.6) is 11.6 Å². The number of allylic oxidation sites excluding steroid dienone is 8. The Hall–Kier alpha value is -8.06. The molecule has 2 N–H and O–H groups in total. The van der Waals surface area contributed by atoms with E-state index in [0.29, 0.717) is 11.6 Å². The average molecular weight is 1280 g/mol. The van der Waals surface area contributed by atoms with Crippen LogP contribution in [0.4, 0.5) is 22.7 Å². The van der Waals surface area contributed by atoms with E-state index in [0.717, 1.165) is 83.7 Å². The second-order valence-corrected chi connectivity index (χ2v) is 25.5. The summed E-state index contributed by atoms with van der Waals surface area (Å²) in [6.07, 6.45) is 26.1. The predicted molar refractivity (Wildman–Crippen MR) is 351 cm³/mol. The molecular weight excluding hydrogens is 1210 g/mol. The number of aromatic nitrogens is 3. The van der Waals surface area contributed by atoms with Crippen molar-refractivity contribution in [2.45, 2.75) is 105 Å². The summed E-state index contributed by atoms with van der Waals surface area (Å²) in [7, 11) is 4.34. The first-order valence-corrected chi connectivity index (χ1v) is 28.7. The number of hydrogen-bond acceptors (Lipinski definition) is 7. The topological polar surface area (TPSA) is 70.5 Å². The molecule has 0 aliphatic carbocycles. The van der Waals surface area contributed by atoms with Gasteiger partial charge in [-0.15, -0.1) is 36.1 Å². The van der Waals surface area contributed by atoms with E-state index in [9.17, 15) is 0 Å². The number of rotatable bonds is 8. The molecule has 0 unspecified atom stereocenters. The Balaban J connectivity index is 0.00000786. The summed E-state index contributed by atoms with van der Waals surface area (Å²) < 4.78 is 9.37. The van der Waals surface area contributed by atoms with Crippen LogP contribution in [-0.4, -0.2) is 29.1 Å². The second kappa shape index (κ2) is 23.9. The fraction of sp³-hybridized carbons (Fsp3) is 0.219. The number of anilines is 4. The van der Waals surface area contributed by atoms with Crippen molar-refractivity contribution in [3.8, 4) is 28.7 Å². The third-order valence-electron chi connectivity index (χ3n) is 15.3. The van der Waals surface area contributed by atoms with Gasteiger partial charge in [0.1, 0.15) is 11.7 Å². The minimum Gasteiger partial charge on any atom is -0.503 e. The summed E-state index contributed by atoms with van der Waals surface area (Å²) in [5.74, 6) is 5.82. The molecule has 0 saturated heterocycles. The van der Waals surface area contributed by atoms with Crippen LogP contribution in [0.1, 0.15) is 116 Å². The van der Waals surface area contributed by atoms with Gasteiger partial charge in [-0.2, -0.15) is 23.9 Å². The Bertz CT molecular complexity index is 3950. The molecule has 3 aliphatic heterocycles. The molecule has 8 nitrogen and oxygen atoms in total. The smallest absolute Gasteiger partial charge is 0.182 e. The first-order valence-electron chi connectivity index (χ1n) is 28.7. The zero-order valence-corrected chi connectivity index (χ0v) is 52.5. The number of fused-ring (bicyclic) bond motifs is 4. The second-order valence-electron chi connectivity index (χ2n) is 25.5. The van der Waals surface area contributed by atoms with Gasteiger partial charge in [-0.25, -0.2) is 4.98 Å². The van der Waals surface area contributed by atoms with E-state index < -0.39 is 0 Å². The summed E-state index contributed by atoms with van der Waals surface area (Å²) in [4.78, 5) is 15.1. The monoisotopic (exact) mass is 1280 g/mol. The standard InChI is InChI=1S/C73H72B2N7O.Pt/c1-70(2,3)49-31-34-62-56(43-49)53-33-32-52(47-65(53)82(62)66-44-50(35-42-78-66)71(4,5)6)83-67-46-51(45-61(79-67)68-57(72(7,8)9)25-20-26-58(68)73(10,11)12)80-48-81(64-30-14-13-29-63(64)80)69-54(59-27-21-40-76-38-17-15-36-74-59)23-19-24-55(69)60-28-22-41-77-39-18-16-37-75-60;/h13-45,48,76-77H,1-12H3;/q-3;/b36-15-,37-16-,38-17-,39-18-,40-21-,41-22-,59-27-,60-28-;. The van der Waals surface area contributed by atoms with Gasteiger partial charge >= 0.3 is 0 Å². The van der Waals surface area contributed by atoms with E-state index >= 15 is 0 Å². The summed E-state index contributed by atoms with van der Waals surface area (Å²) in [5, 5.41) is 8.70. The molecule has 0 amide bonds. The van der Waals surface area contributed by atoms with E-state index in [4.69, 9.17) is 14.7 Å². The average Bonchev–Trinajstić information content (AvgIpc) is 1.85. The zero-order chi connectivity index (χ0) is 58.3. The number of pyridine rings is 2. The van der Waals surface area contributed by atoms with Gasteiger partial charge in [0.2, 0.25) is 0 Å². The fourth-order valence-electron chi connectivity index (χ4n) is 11.0. The zero-order valence-electron chi connectivity index (χ0n) is 50.2. The molecule has 84 heavy (non-hydrogen) atoms. The van der Waals surface area contributed by atoms with Crippen LogP contribution in [0.15, 0.2) is 201 Å². The molecule has 3 aromatic heterocycles. The van der Waals surface area contributed by atoms with Crippen molar-refractivity contribution < 1.29 is 25.8 Å². The molecule has 0 bridgehead atoms. The Labute approximate surface area is 514 Å². The third kappa shape index (κ3) is 12.3. The molecule has 0 saturated carbocycles. The van der Waals surface area contributed by atoms with Crippen LogP contribution in [0.2, 0.25) is 0 Å². The van der Waals surface area contributed by atoms with Crippen molar-refractivity contribution >= 4 is 70.1 Å². The Kier molecular flexibility index (Phi) is 16.8. The van der Waals surface area contributed by atoms with Crippen LogP contribution in [0.3, 0.4) is 0 Å². The molecule has 0 fully saturated rings. The molecule has 11 rings (SSSR count). The van der Waals surface area contributed by atoms with Crippen LogP contribution in [0.25, 0.3) is 49.8 Å². The van der Waals surface area contributed by atoms with E-state index in [1.165, 1.54) is 22.3 Å². The molecule has 2 radical (unpaired) electrons. The van der Waals surface area contributed by atoms with Crippen molar-refractivity contribution in [3.05, 3.63) is 253 Å². The molecule has 11 heteroatoms. The first kappa shape index (κ1) is 59.1. The van der Waals surface area contributed by atoms with Crippen molar-refractivity contribution in [3.63, 3.8) is 0 Å². The maximum atomic E-state index is 7.14. The molecule has 3 aliphatic rings. The summed E-state index contributed by atoms with van der Waals surface area (Å²) in [6.45, 7) is 29.3. The SMILES string of the molecule is CC(C)(C)c1ccnc(-n2c3[c-]c(Oc4[c-]c(N5[CH-]N(c6c(/C7=C/C=C\N/C=C\C=C/[B]7)cccc6/C6=C/C=C\N/C=C\C=C/[B]6)c6ccccc65)cc(-c5c(C(C)(C)C)cccc5C(C)(C)C)n4)ccc3c3cc(C(C)(C)C)ccc32)c1.[Pt]. The Morgan fingerprint density at radius 2 is 1.13 bits per heavy atom. The number of para-hydroxylation sites is 3. The molecule has 8 aromatic rings. The summed E-state index contributed by atoms with van der Waals surface area (Å²) in [6, 6.07) is 46.8. The molecule has 6 heterocycles. The Morgan fingerprint density at radius 3 is 1.74 bits per heavy atom. The van der Waals surface area contributed by atoms with Gasteiger partial charge in [-0.1, -0.05) is 185 Å². The maximum Gasteiger partial charge on any atom is 0.182 e. The molecule has 424 valence electrons. The largest absolute Gasteiger partial charge is 0.503 e. The van der Waals surface area contributed by atoms with Gasteiger partial charge in [0.05, 0.1) is 0 Å². The molecule has 0 atom stereocenters. The third-order valence-corrected chi connectivity index (χ3v) is 15.3. The minimum absolute atomic E-state index is 0. The van der Waals surface area contributed by atoms with E-state index in [1.54, 1.807) is 0 Å². The number of nitrogens with one attached hydrogen (secondary N) is 2. The van der Waals surface area contributed by atoms with E-state index in [-0.39, 0.29) is 42.7 Å². The van der Waals surface area contributed by atoms with Gasteiger partial charge in [-0.05, 0) is 126 Å².